The molecule has 220 valence electrons. The first-order chi connectivity index (χ1) is 18.0. The van der Waals surface area contributed by atoms with Crippen molar-refractivity contribution in [3.05, 3.63) is 48.0 Å². The Labute approximate surface area is 241 Å². The Bertz CT molecular complexity index is 973. The summed E-state index contributed by atoms with van der Waals surface area (Å²) in [5, 5.41) is 9.27. The largest absolute Gasteiger partial charge is 0.499 e. The zero-order chi connectivity index (χ0) is 29.5. The molecule has 0 spiro atoms. The van der Waals surface area contributed by atoms with Crippen molar-refractivity contribution in [2.24, 2.45) is 5.41 Å². The highest BCUT2D eigenvalue weighted by molar-refractivity contribution is 7.80. The monoisotopic (exact) mass is 580 g/mol. The van der Waals surface area contributed by atoms with Crippen molar-refractivity contribution in [3.63, 3.8) is 0 Å². The Balaban J connectivity index is 2.21. The maximum Gasteiger partial charge on any atom is 0.237 e. The third-order valence-corrected chi connectivity index (χ3v) is 12.6. The van der Waals surface area contributed by atoms with Gasteiger partial charge in [-0.3, -0.25) is 4.79 Å². The van der Waals surface area contributed by atoms with Gasteiger partial charge in [0, 0.05) is 25.4 Å². The summed E-state index contributed by atoms with van der Waals surface area (Å²) in [4.78, 5) is 13.2. The molecular weight excluding hydrogens is 532 g/mol. The summed E-state index contributed by atoms with van der Waals surface area (Å²) >= 11 is 4.79. The molecule has 0 aliphatic carbocycles. The summed E-state index contributed by atoms with van der Waals surface area (Å²) in [6, 6.07) is 9.97. The Morgan fingerprint density at radius 1 is 1.23 bits per heavy atom. The summed E-state index contributed by atoms with van der Waals surface area (Å²) in [6.07, 6.45) is 3.60. The van der Waals surface area contributed by atoms with Crippen LogP contribution in [-0.4, -0.2) is 62.3 Å². The van der Waals surface area contributed by atoms with Crippen LogP contribution in [0.25, 0.3) is 0 Å². The molecular formula is C30H48O7SSi. The first-order valence-electron chi connectivity index (χ1n) is 13.6. The number of carbonyl (C=O) groups excluding carboxylic acids is 1. The molecule has 9 heteroatoms. The molecule has 0 amide bonds. The van der Waals surface area contributed by atoms with Crippen molar-refractivity contribution in [1.29, 1.82) is 0 Å². The summed E-state index contributed by atoms with van der Waals surface area (Å²) in [5.41, 5.74) is 0.200. The van der Waals surface area contributed by atoms with Crippen molar-refractivity contribution >= 4 is 31.4 Å². The van der Waals surface area contributed by atoms with Gasteiger partial charge in [0.2, 0.25) is 5.79 Å². The molecule has 0 bridgehead atoms. The number of hydrogen-bond donors (Lipinski definition) is 1. The Hall–Kier alpha value is -1.46. The average molecular weight is 581 g/mol. The van der Waals surface area contributed by atoms with Crippen molar-refractivity contribution in [3.8, 4) is 0 Å². The van der Waals surface area contributed by atoms with Gasteiger partial charge in [0.1, 0.15) is 6.79 Å². The van der Waals surface area contributed by atoms with Gasteiger partial charge in [0.15, 0.2) is 19.2 Å². The van der Waals surface area contributed by atoms with Crippen LogP contribution in [0.3, 0.4) is 0 Å². The van der Waals surface area contributed by atoms with Crippen LogP contribution < -0.4 is 0 Å². The molecule has 2 rings (SSSR count). The van der Waals surface area contributed by atoms with E-state index in [0.717, 1.165) is 5.56 Å². The molecule has 4 atom stereocenters. The molecule has 0 saturated carbocycles. The highest BCUT2D eigenvalue weighted by Gasteiger charge is 2.55. The number of benzene rings is 1. The number of thiocarbonyl (C=S) groups is 1. The lowest BCUT2D eigenvalue weighted by Gasteiger charge is -2.48. The summed E-state index contributed by atoms with van der Waals surface area (Å²) in [7, 11) is -0.684. The topological polar surface area (TPSA) is 83.5 Å². The van der Waals surface area contributed by atoms with Crippen LogP contribution in [0, 0.1) is 5.41 Å². The number of aliphatic hydroxyl groups is 1. The van der Waals surface area contributed by atoms with Crippen LogP contribution in [0.1, 0.15) is 66.4 Å². The van der Waals surface area contributed by atoms with Crippen LogP contribution in [0.4, 0.5) is 0 Å². The molecule has 0 aromatic heterocycles. The van der Waals surface area contributed by atoms with Crippen molar-refractivity contribution in [2.45, 2.75) is 110 Å². The highest BCUT2D eigenvalue weighted by Crippen LogP contribution is 2.44. The number of hydrogen-bond acceptors (Lipinski definition) is 7. The molecule has 1 fully saturated rings. The fraction of sp³-hybridized carbons (Fsp3) is 0.667. The lowest BCUT2D eigenvalue weighted by Crippen LogP contribution is -2.59. The predicted octanol–water partition coefficient (Wildman–Crippen LogP) is 6.90. The zero-order valence-corrected chi connectivity index (χ0v) is 26.9. The molecule has 39 heavy (non-hydrogen) atoms. The minimum absolute atomic E-state index is 0.00392. The van der Waals surface area contributed by atoms with E-state index in [1.54, 1.807) is 6.08 Å². The fourth-order valence-corrected chi connectivity index (χ4v) is 5.92. The van der Waals surface area contributed by atoms with Crippen molar-refractivity contribution in [1.82, 2.24) is 0 Å². The van der Waals surface area contributed by atoms with Gasteiger partial charge in [-0.25, -0.2) is 0 Å². The maximum absolute atomic E-state index is 13.2. The first-order valence-corrected chi connectivity index (χ1v) is 17.0. The second-order valence-corrected chi connectivity index (χ2v) is 17.6. The van der Waals surface area contributed by atoms with E-state index in [4.69, 9.17) is 35.6 Å². The third kappa shape index (κ3) is 9.01. The Morgan fingerprint density at radius 2 is 1.87 bits per heavy atom. The second kappa shape index (κ2) is 13.9. The molecule has 1 aliphatic heterocycles. The fourth-order valence-electron chi connectivity index (χ4n) is 4.45. The quantitative estimate of drug-likeness (QED) is 0.0836. The Morgan fingerprint density at radius 3 is 2.44 bits per heavy atom. The van der Waals surface area contributed by atoms with E-state index in [1.807, 2.05) is 51.1 Å². The number of methoxy groups -OCH3 is 1. The molecule has 0 radical (unpaired) electrons. The SMILES string of the molecule is CO[C@]1(C(C)(C)C=CC(O)=S)O[C@H](C[C@@H](O[Si](C)(C)C(C)(C)C)[C@@H](C)OCOCc2ccccc2)CCC1=O. The van der Waals surface area contributed by atoms with Gasteiger partial charge in [-0.2, -0.15) is 0 Å². The lowest BCUT2D eigenvalue weighted by molar-refractivity contribution is -0.285. The normalized spacial score (nSPS) is 22.7. The highest BCUT2D eigenvalue weighted by atomic mass is 32.1. The molecule has 0 unspecified atom stereocenters. The number of carbonyl (C=O) groups is 1. The maximum atomic E-state index is 13.2. The van der Waals surface area contributed by atoms with Crippen LogP contribution in [-0.2, 0) is 34.8 Å². The van der Waals surface area contributed by atoms with Crippen molar-refractivity contribution < 1.29 is 33.3 Å². The molecule has 7 nitrogen and oxygen atoms in total. The van der Waals surface area contributed by atoms with E-state index < -0.39 is 19.5 Å². The van der Waals surface area contributed by atoms with E-state index in [2.05, 4.69) is 33.9 Å². The third-order valence-electron chi connectivity index (χ3n) is 7.97. The average Bonchev–Trinajstić information content (AvgIpc) is 2.85. The summed E-state index contributed by atoms with van der Waals surface area (Å²) in [5.74, 6) is -1.65. The number of rotatable bonds is 14. The van der Waals surface area contributed by atoms with Gasteiger partial charge in [-0.15, -0.1) is 0 Å². The van der Waals surface area contributed by atoms with Crippen LogP contribution in [0.5, 0.6) is 0 Å². The number of ether oxygens (including phenoxy) is 4. The summed E-state index contributed by atoms with van der Waals surface area (Å²) in [6.45, 7) is 17.3. The van der Waals surface area contributed by atoms with E-state index in [9.17, 15) is 9.90 Å². The van der Waals surface area contributed by atoms with Gasteiger partial charge in [0.25, 0.3) is 0 Å². The number of ketones is 1. The molecule has 1 aliphatic rings. The van der Waals surface area contributed by atoms with Crippen LogP contribution in [0.2, 0.25) is 18.1 Å². The van der Waals surface area contributed by atoms with Gasteiger partial charge >= 0.3 is 0 Å². The van der Waals surface area contributed by atoms with Crippen LogP contribution in [0.15, 0.2) is 42.5 Å². The van der Waals surface area contributed by atoms with Gasteiger partial charge in [-0.1, -0.05) is 71.0 Å². The van der Waals surface area contributed by atoms with E-state index >= 15 is 0 Å². The van der Waals surface area contributed by atoms with Gasteiger partial charge in [0.05, 0.1) is 24.9 Å². The van der Waals surface area contributed by atoms with Crippen molar-refractivity contribution in [2.75, 3.05) is 13.9 Å². The lowest BCUT2D eigenvalue weighted by atomic mass is 9.77. The number of aliphatic hydroxyl groups excluding tert-OH is 1. The minimum Gasteiger partial charge on any atom is -0.499 e. The van der Waals surface area contributed by atoms with Gasteiger partial charge in [-0.05, 0) is 55.3 Å². The predicted molar refractivity (Wildman–Crippen MR) is 160 cm³/mol. The van der Waals surface area contributed by atoms with E-state index in [-0.39, 0.29) is 41.0 Å². The number of Topliss-reactive ketones (excluding diaryl/α,β-unsaturated/α-hetero) is 1. The standard InChI is InChI=1S/C30H48O7SSi/c1-22(35-21-34-20-23-13-11-10-12-14-23)25(37-39(8,9)28(2,3)4)19-24-15-16-26(31)30(33-7,36-24)29(5,6)18-17-27(32)38/h10-14,17-18,22,24-25H,15-16,19-21H2,1-9H3,(H,32,38)/t22-,24+,25-,30+/m1/s1. The second-order valence-electron chi connectivity index (χ2n) is 12.4. The molecule has 1 heterocycles. The van der Waals surface area contributed by atoms with E-state index in [0.29, 0.717) is 25.9 Å². The molecule has 1 saturated heterocycles. The minimum atomic E-state index is -2.16. The summed E-state index contributed by atoms with van der Waals surface area (Å²) < 4.78 is 31.1. The molecule has 1 N–H and O–H groups in total. The smallest absolute Gasteiger partial charge is 0.237 e. The molecule has 1 aromatic carbocycles. The van der Waals surface area contributed by atoms with Gasteiger partial charge < -0.3 is 28.5 Å². The van der Waals surface area contributed by atoms with E-state index in [1.165, 1.54) is 13.2 Å². The zero-order valence-electron chi connectivity index (χ0n) is 25.1. The Kier molecular flexibility index (Phi) is 12.1. The first kappa shape index (κ1) is 33.7. The molecule has 1 aromatic rings. The van der Waals surface area contributed by atoms with Crippen LogP contribution >= 0.6 is 12.2 Å².